The predicted molar refractivity (Wildman–Crippen MR) is 114 cm³/mol. The van der Waals surface area contributed by atoms with Gasteiger partial charge in [0.25, 0.3) is 0 Å². The molecule has 0 bridgehead atoms. The molecule has 8 heteroatoms. The van der Waals surface area contributed by atoms with Gasteiger partial charge in [-0.05, 0) is 55.1 Å². The van der Waals surface area contributed by atoms with E-state index >= 15 is 0 Å². The van der Waals surface area contributed by atoms with Gasteiger partial charge in [0, 0.05) is 24.6 Å². The molecule has 2 aromatic rings. The average molecular weight is 419 g/mol. The fraction of sp³-hybridized carbons (Fsp3) is 0.391. The molecule has 8 nitrogen and oxygen atoms in total. The lowest BCUT2D eigenvalue weighted by Crippen LogP contribution is -2.70. The van der Waals surface area contributed by atoms with Crippen molar-refractivity contribution in [3.05, 3.63) is 59.9 Å². The maximum Gasteiger partial charge on any atom is 0.327 e. The first-order valence-corrected chi connectivity index (χ1v) is 10.8. The first-order valence-electron chi connectivity index (χ1n) is 10.8. The summed E-state index contributed by atoms with van der Waals surface area (Å²) in [5, 5.41) is 3.27. The Labute approximate surface area is 180 Å². The summed E-state index contributed by atoms with van der Waals surface area (Å²) in [6.45, 7) is 1.48. The van der Waals surface area contributed by atoms with Crippen molar-refractivity contribution in [2.24, 2.45) is 0 Å². The van der Waals surface area contributed by atoms with E-state index in [1.165, 1.54) is 4.90 Å². The Morgan fingerprint density at radius 3 is 2.77 bits per heavy atom. The molecule has 2 atom stereocenters. The molecule has 4 heterocycles. The quantitative estimate of drug-likeness (QED) is 0.813. The Balaban J connectivity index is 1.40. The first kappa shape index (κ1) is 19.7. The van der Waals surface area contributed by atoms with Crippen LogP contribution in [0.25, 0.3) is 0 Å². The summed E-state index contributed by atoms with van der Waals surface area (Å²) < 4.78 is 0. The van der Waals surface area contributed by atoms with Crippen LogP contribution in [0.2, 0.25) is 0 Å². The van der Waals surface area contributed by atoms with Crippen LogP contribution < -0.4 is 10.2 Å². The highest BCUT2D eigenvalue weighted by Crippen LogP contribution is 2.30. The van der Waals surface area contributed by atoms with Crippen LogP contribution in [-0.2, 0) is 22.6 Å². The van der Waals surface area contributed by atoms with E-state index in [0.29, 0.717) is 13.0 Å². The second-order valence-corrected chi connectivity index (χ2v) is 8.26. The SMILES string of the molecule is O=C1C2NCCCC2N(CC(=O)N2CCc3ccccc32)C(=O)N1Cc1ccncc1. The van der Waals surface area contributed by atoms with Crippen LogP contribution in [0.15, 0.2) is 48.8 Å². The Hall–Kier alpha value is -3.26. The summed E-state index contributed by atoms with van der Waals surface area (Å²) in [6, 6.07) is 10.3. The third-order valence-electron chi connectivity index (χ3n) is 6.42. The van der Waals surface area contributed by atoms with Crippen molar-refractivity contribution < 1.29 is 14.4 Å². The minimum absolute atomic E-state index is 0.0316. The van der Waals surface area contributed by atoms with Crippen molar-refractivity contribution in [2.45, 2.75) is 37.9 Å². The van der Waals surface area contributed by atoms with E-state index in [4.69, 9.17) is 0 Å². The molecular weight excluding hydrogens is 394 g/mol. The normalized spacial score (nSPS) is 23.0. The summed E-state index contributed by atoms with van der Waals surface area (Å²) >= 11 is 0. The zero-order valence-electron chi connectivity index (χ0n) is 17.2. The van der Waals surface area contributed by atoms with Gasteiger partial charge in [0.05, 0.1) is 12.6 Å². The molecule has 2 saturated heterocycles. The van der Waals surface area contributed by atoms with E-state index in [1.54, 1.807) is 34.3 Å². The summed E-state index contributed by atoms with van der Waals surface area (Å²) in [4.78, 5) is 48.4. The van der Waals surface area contributed by atoms with Crippen molar-refractivity contribution in [3.63, 3.8) is 0 Å². The molecule has 0 saturated carbocycles. The molecule has 1 N–H and O–H groups in total. The zero-order valence-corrected chi connectivity index (χ0v) is 17.2. The Morgan fingerprint density at radius 1 is 1.13 bits per heavy atom. The number of rotatable bonds is 4. The third-order valence-corrected chi connectivity index (χ3v) is 6.42. The van der Waals surface area contributed by atoms with Crippen molar-refractivity contribution in [3.8, 4) is 0 Å². The largest absolute Gasteiger partial charge is 0.327 e. The fourth-order valence-electron chi connectivity index (χ4n) is 4.85. The van der Waals surface area contributed by atoms with E-state index in [9.17, 15) is 14.4 Å². The van der Waals surface area contributed by atoms with Crippen LogP contribution in [0.1, 0.15) is 24.0 Å². The van der Waals surface area contributed by atoms with Crippen molar-refractivity contribution in [2.75, 3.05) is 24.5 Å². The maximum absolute atomic E-state index is 13.4. The number of amides is 4. The van der Waals surface area contributed by atoms with Crippen molar-refractivity contribution in [1.82, 2.24) is 20.1 Å². The van der Waals surface area contributed by atoms with Gasteiger partial charge < -0.3 is 15.1 Å². The first-order chi connectivity index (χ1) is 15.1. The number of hydrogen-bond donors (Lipinski definition) is 1. The third kappa shape index (κ3) is 3.57. The number of urea groups is 1. The molecule has 5 rings (SSSR count). The van der Waals surface area contributed by atoms with Crippen molar-refractivity contribution in [1.29, 1.82) is 0 Å². The molecule has 2 unspecified atom stereocenters. The van der Waals surface area contributed by atoms with Crippen molar-refractivity contribution >= 4 is 23.5 Å². The summed E-state index contributed by atoms with van der Waals surface area (Å²) in [6.07, 6.45) is 5.67. The number of piperidine rings is 1. The molecule has 2 fully saturated rings. The highest BCUT2D eigenvalue weighted by molar-refractivity contribution is 6.03. The second kappa shape index (κ2) is 8.11. The van der Waals surface area contributed by atoms with Gasteiger partial charge in [0.15, 0.2) is 0 Å². The molecule has 31 heavy (non-hydrogen) atoms. The lowest BCUT2D eigenvalue weighted by Gasteiger charge is -2.47. The molecule has 3 aliphatic rings. The summed E-state index contributed by atoms with van der Waals surface area (Å²) in [7, 11) is 0. The molecule has 3 aliphatic heterocycles. The van der Waals surface area contributed by atoms with Gasteiger partial charge in [-0.1, -0.05) is 18.2 Å². The van der Waals surface area contributed by atoms with Crippen LogP contribution in [0.4, 0.5) is 10.5 Å². The second-order valence-electron chi connectivity index (χ2n) is 8.26. The number of nitrogens with one attached hydrogen (secondary N) is 1. The highest BCUT2D eigenvalue weighted by atomic mass is 16.2. The van der Waals surface area contributed by atoms with Gasteiger partial charge in [-0.25, -0.2) is 4.79 Å². The lowest BCUT2D eigenvalue weighted by molar-refractivity contribution is -0.138. The number of hydrogen-bond acceptors (Lipinski definition) is 5. The average Bonchev–Trinajstić information content (AvgIpc) is 3.24. The molecule has 0 aliphatic carbocycles. The van der Waals surface area contributed by atoms with Gasteiger partial charge in [-0.2, -0.15) is 0 Å². The highest BCUT2D eigenvalue weighted by Gasteiger charge is 2.48. The number of carbonyl (C=O) groups is 3. The fourth-order valence-corrected chi connectivity index (χ4v) is 4.85. The van der Waals surface area contributed by atoms with Gasteiger partial charge in [0.1, 0.15) is 12.6 Å². The number of carbonyl (C=O) groups excluding carboxylic acids is 3. The van der Waals surface area contributed by atoms with E-state index in [1.807, 2.05) is 24.3 Å². The monoisotopic (exact) mass is 419 g/mol. The number of benzene rings is 1. The van der Waals surface area contributed by atoms with Crippen LogP contribution >= 0.6 is 0 Å². The number of para-hydroxylation sites is 1. The molecule has 160 valence electrons. The van der Waals surface area contributed by atoms with Gasteiger partial charge in [-0.3, -0.25) is 19.5 Å². The number of aromatic nitrogens is 1. The number of anilines is 1. The van der Waals surface area contributed by atoms with E-state index in [-0.39, 0.29) is 30.9 Å². The standard InChI is InChI=1S/C23H25N5O3/c29-20(26-13-9-17-4-1-2-5-18(17)26)15-27-19-6-3-10-25-21(19)22(30)28(23(27)31)14-16-7-11-24-12-8-16/h1-2,4-5,7-8,11-12,19,21,25H,3,6,9-10,13-15H2. The number of nitrogens with zero attached hydrogens (tertiary/aromatic N) is 4. The minimum atomic E-state index is -0.480. The number of imide groups is 1. The molecule has 4 amide bonds. The van der Waals surface area contributed by atoms with E-state index in [2.05, 4.69) is 10.3 Å². The van der Waals surface area contributed by atoms with Gasteiger partial charge in [0.2, 0.25) is 11.8 Å². The lowest BCUT2D eigenvalue weighted by atomic mass is 9.93. The van der Waals surface area contributed by atoms with E-state index in [0.717, 1.165) is 36.2 Å². The molecule has 1 aromatic carbocycles. The minimum Gasteiger partial charge on any atom is -0.310 e. The molecular formula is C23H25N5O3. The molecule has 0 spiro atoms. The number of fused-ring (bicyclic) bond motifs is 2. The predicted octanol–water partition coefficient (Wildman–Crippen LogP) is 1.56. The van der Waals surface area contributed by atoms with Gasteiger partial charge >= 0.3 is 6.03 Å². The summed E-state index contributed by atoms with van der Waals surface area (Å²) in [5.74, 6) is -0.331. The van der Waals surface area contributed by atoms with Crippen LogP contribution in [-0.4, -0.2) is 64.3 Å². The zero-order chi connectivity index (χ0) is 21.4. The summed E-state index contributed by atoms with van der Waals surface area (Å²) in [5.41, 5.74) is 2.89. The Kier molecular flexibility index (Phi) is 5.15. The Morgan fingerprint density at radius 2 is 1.94 bits per heavy atom. The maximum atomic E-state index is 13.4. The van der Waals surface area contributed by atoms with Crippen LogP contribution in [0, 0.1) is 0 Å². The van der Waals surface area contributed by atoms with Crippen LogP contribution in [0.5, 0.6) is 0 Å². The van der Waals surface area contributed by atoms with Gasteiger partial charge in [-0.15, -0.1) is 0 Å². The number of pyridine rings is 1. The Bertz CT molecular complexity index is 1010. The van der Waals surface area contributed by atoms with E-state index < -0.39 is 12.1 Å². The smallest absolute Gasteiger partial charge is 0.310 e. The topological polar surface area (TPSA) is 85.8 Å². The molecule has 0 radical (unpaired) electrons. The van der Waals surface area contributed by atoms with Crippen LogP contribution in [0.3, 0.4) is 0 Å². The molecule has 1 aromatic heterocycles.